The van der Waals surface area contributed by atoms with Crippen molar-refractivity contribution in [2.24, 2.45) is 5.41 Å². The van der Waals surface area contributed by atoms with Crippen molar-refractivity contribution in [2.75, 3.05) is 4.90 Å². The van der Waals surface area contributed by atoms with Crippen LogP contribution in [0, 0.1) is 12.3 Å². The Bertz CT molecular complexity index is 1100. The highest BCUT2D eigenvalue weighted by Crippen LogP contribution is 2.50. The summed E-state index contributed by atoms with van der Waals surface area (Å²) in [7, 11) is 0. The van der Waals surface area contributed by atoms with Crippen molar-refractivity contribution in [3.05, 3.63) is 73.9 Å². The maximum Gasteiger partial charge on any atom is 0.232 e. The van der Waals surface area contributed by atoms with E-state index in [0.29, 0.717) is 33.5 Å². The van der Waals surface area contributed by atoms with Gasteiger partial charge < -0.3 is 0 Å². The number of Topliss-reactive ketones (excluding diaryl/α,β-unsaturated/α-hetero) is 1. The molecule has 156 valence electrons. The molecule has 30 heavy (non-hydrogen) atoms. The number of carbonyl (C=O) groups is 2. The van der Waals surface area contributed by atoms with Crippen LogP contribution < -0.4 is 4.90 Å². The van der Waals surface area contributed by atoms with E-state index < -0.39 is 5.92 Å². The molecule has 0 radical (unpaired) electrons. The quantitative estimate of drug-likeness (QED) is 0.476. The van der Waals surface area contributed by atoms with E-state index in [1.165, 1.54) is 0 Å². The normalized spacial score (nSPS) is 21.1. The highest BCUT2D eigenvalue weighted by atomic mass is 35.5. The highest BCUT2D eigenvalue weighted by Gasteiger charge is 2.45. The number of rotatable bonds is 2. The van der Waals surface area contributed by atoms with Crippen LogP contribution in [0.5, 0.6) is 0 Å². The summed E-state index contributed by atoms with van der Waals surface area (Å²) in [6.07, 6.45) is 1.19. The summed E-state index contributed by atoms with van der Waals surface area (Å²) >= 11 is 19.1. The predicted molar refractivity (Wildman–Crippen MR) is 123 cm³/mol. The van der Waals surface area contributed by atoms with Gasteiger partial charge in [0, 0.05) is 35.1 Å². The van der Waals surface area contributed by atoms with Gasteiger partial charge >= 0.3 is 0 Å². The number of allylic oxidation sites excluding steroid dienone is 2. The Hall–Kier alpha value is -1.81. The zero-order valence-corrected chi connectivity index (χ0v) is 19.3. The SMILES string of the molecule is Cc1c(Cl)cccc1N1C(=O)CC(c2cccc(Cl)c2Cl)C2=C1CC(C)(C)CC2=O. The van der Waals surface area contributed by atoms with E-state index in [1.807, 2.05) is 25.1 Å². The van der Waals surface area contributed by atoms with E-state index in [2.05, 4.69) is 13.8 Å². The lowest BCUT2D eigenvalue weighted by atomic mass is 9.69. The molecule has 2 aliphatic rings. The fourth-order valence-electron chi connectivity index (χ4n) is 4.59. The second-order valence-corrected chi connectivity index (χ2v) is 10.0. The first-order chi connectivity index (χ1) is 14.1. The number of hydrogen-bond donors (Lipinski definition) is 0. The zero-order valence-electron chi connectivity index (χ0n) is 17.1. The van der Waals surface area contributed by atoms with E-state index in [4.69, 9.17) is 34.8 Å². The van der Waals surface area contributed by atoms with Gasteiger partial charge in [-0.3, -0.25) is 14.5 Å². The van der Waals surface area contributed by atoms with Crippen LogP contribution in [0.4, 0.5) is 5.69 Å². The summed E-state index contributed by atoms with van der Waals surface area (Å²) in [6.45, 7) is 6.00. The van der Waals surface area contributed by atoms with Crippen molar-refractivity contribution in [2.45, 2.75) is 46.0 Å². The Kier molecular flexibility index (Phi) is 5.50. The highest BCUT2D eigenvalue weighted by molar-refractivity contribution is 6.42. The Morgan fingerprint density at radius 1 is 0.967 bits per heavy atom. The van der Waals surface area contributed by atoms with E-state index in [9.17, 15) is 9.59 Å². The fraction of sp³-hybridized carbons (Fsp3) is 0.333. The van der Waals surface area contributed by atoms with Crippen molar-refractivity contribution in [3.8, 4) is 0 Å². The molecule has 4 rings (SSSR count). The lowest BCUT2D eigenvalue weighted by Crippen LogP contribution is -2.44. The first kappa shape index (κ1) is 21.4. The number of hydrogen-bond acceptors (Lipinski definition) is 2. The number of amides is 1. The van der Waals surface area contributed by atoms with Crippen LogP contribution in [-0.4, -0.2) is 11.7 Å². The minimum atomic E-state index is -0.405. The van der Waals surface area contributed by atoms with Crippen LogP contribution in [0.1, 0.15) is 50.2 Å². The minimum Gasteiger partial charge on any atom is -0.294 e. The molecule has 0 saturated carbocycles. The van der Waals surface area contributed by atoms with Gasteiger partial charge in [-0.2, -0.15) is 0 Å². The topological polar surface area (TPSA) is 37.4 Å². The van der Waals surface area contributed by atoms with Crippen LogP contribution in [0.15, 0.2) is 47.7 Å². The molecule has 1 aliphatic heterocycles. The van der Waals surface area contributed by atoms with E-state index in [0.717, 1.165) is 22.5 Å². The molecule has 0 N–H and O–H groups in total. The predicted octanol–water partition coefficient (Wildman–Crippen LogP) is 7.12. The Morgan fingerprint density at radius 3 is 2.37 bits per heavy atom. The van der Waals surface area contributed by atoms with Gasteiger partial charge in [0.15, 0.2) is 5.78 Å². The van der Waals surface area contributed by atoms with Gasteiger partial charge in [0.1, 0.15) is 0 Å². The third-order valence-electron chi connectivity index (χ3n) is 5.98. The molecule has 1 amide bonds. The Labute approximate surface area is 191 Å². The zero-order chi connectivity index (χ0) is 21.8. The average molecular weight is 463 g/mol. The van der Waals surface area contributed by atoms with Gasteiger partial charge in [0.25, 0.3) is 0 Å². The smallest absolute Gasteiger partial charge is 0.232 e. The van der Waals surface area contributed by atoms with E-state index in [1.54, 1.807) is 23.1 Å². The maximum atomic E-state index is 13.5. The summed E-state index contributed by atoms with van der Waals surface area (Å²) < 4.78 is 0. The van der Waals surface area contributed by atoms with Crippen LogP contribution in [0.3, 0.4) is 0 Å². The second-order valence-electron chi connectivity index (χ2n) is 8.81. The standard InChI is InChI=1S/C24H22Cl3NO2/c1-13-16(25)7-5-9-18(13)28-19-11-24(2,3)12-20(29)22(19)15(10-21(28)30)14-6-4-8-17(26)23(14)27/h4-9,15H,10-12H2,1-3H3. The summed E-state index contributed by atoms with van der Waals surface area (Å²) in [4.78, 5) is 28.5. The monoisotopic (exact) mass is 461 g/mol. The van der Waals surface area contributed by atoms with Crippen molar-refractivity contribution in [1.29, 1.82) is 0 Å². The fourth-order valence-corrected chi connectivity index (χ4v) is 5.20. The summed E-state index contributed by atoms with van der Waals surface area (Å²) in [5.41, 5.74) is 3.42. The molecule has 0 saturated heterocycles. The molecule has 0 fully saturated rings. The maximum absolute atomic E-state index is 13.5. The second kappa shape index (κ2) is 7.71. The molecule has 6 heteroatoms. The number of halogens is 3. The van der Waals surface area contributed by atoms with Gasteiger partial charge in [-0.15, -0.1) is 0 Å². The number of carbonyl (C=O) groups excluding carboxylic acids is 2. The lowest BCUT2D eigenvalue weighted by Gasteiger charge is -2.43. The summed E-state index contributed by atoms with van der Waals surface area (Å²) in [5, 5.41) is 1.40. The number of nitrogens with zero attached hydrogens (tertiary/aromatic N) is 1. The molecular formula is C24H22Cl3NO2. The first-order valence-electron chi connectivity index (χ1n) is 9.89. The molecule has 3 nitrogen and oxygen atoms in total. The minimum absolute atomic E-state index is 0.0551. The molecule has 1 heterocycles. The lowest BCUT2D eigenvalue weighted by molar-refractivity contribution is -0.121. The molecule has 1 atom stereocenters. The largest absolute Gasteiger partial charge is 0.294 e. The number of anilines is 1. The van der Waals surface area contributed by atoms with Crippen molar-refractivity contribution in [1.82, 2.24) is 0 Å². The van der Waals surface area contributed by atoms with Crippen LogP contribution in [0.25, 0.3) is 0 Å². The van der Waals surface area contributed by atoms with Crippen LogP contribution in [-0.2, 0) is 9.59 Å². The molecule has 2 aromatic rings. The van der Waals surface area contributed by atoms with Gasteiger partial charge in [-0.25, -0.2) is 0 Å². The first-order valence-corrected chi connectivity index (χ1v) is 11.0. The van der Waals surface area contributed by atoms with Gasteiger partial charge in [-0.05, 0) is 48.1 Å². The third kappa shape index (κ3) is 3.57. The van der Waals surface area contributed by atoms with Gasteiger partial charge in [0.2, 0.25) is 5.91 Å². The van der Waals surface area contributed by atoms with Gasteiger partial charge in [0.05, 0.1) is 15.7 Å². The van der Waals surface area contributed by atoms with E-state index >= 15 is 0 Å². The van der Waals surface area contributed by atoms with Crippen molar-refractivity contribution in [3.63, 3.8) is 0 Å². The summed E-state index contributed by atoms with van der Waals surface area (Å²) in [5.74, 6) is -0.428. The molecule has 0 bridgehead atoms. The molecule has 1 unspecified atom stereocenters. The van der Waals surface area contributed by atoms with Gasteiger partial charge in [-0.1, -0.05) is 66.8 Å². The Balaban J connectivity index is 1.96. The summed E-state index contributed by atoms with van der Waals surface area (Å²) in [6, 6.07) is 10.9. The van der Waals surface area contributed by atoms with E-state index in [-0.39, 0.29) is 23.5 Å². The third-order valence-corrected chi connectivity index (χ3v) is 7.22. The number of benzene rings is 2. The molecule has 2 aromatic carbocycles. The van der Waals surface area contributed by atoms with Crippen molar-refractivity contribution < 1.29 is 9.59 Å². The number of ketones is 1. The van der Waals surface area contributed by atoms with Crippen LogP contribution >= 0.6 is 34.8 Å². The molecule has 0 aromatic heterocycles. The molecular weight excluding hydrogens is 441 g/mol. The van der Waals surface area contributed by atoms with Crippen molar-refractivity contribution >= 4 is 52.2 Å². The Morgan fingerprint density at radius 2 is 1.63 bits per heavy atom. The molecule has 1 aliphatic carbocycles. The molecule has 0 spiro atoms. The average Bonchev–Trinajstić information content (AvgIpc) is 2.65. The van der Waals surface area contributed by atoms with Crippen LogP contribution in [0.2, 0.25) is 15.1 Å².